The maximum atomic E-state index is 7.63. The molecule has 0 aromatic heterocycles. The monoisotopic (exact) mass is 512 g/mol. The average molecular weight is 512 g/mol. The van der Waals surface area contributed by atoms with E-state index >= 15 is 0 Å². The van der Waals surface area contributed by atoms with Gasteiger partial charge < -0.3 is 0 Å². The fourth-order valence-corrected chi connectivity index (χ4v) is 11.8. The summed E-state index contributed by atoms with van der Waals surface area (Å²) in [5.74, 6) is 0.887. The summed E-state index contributed by atoms with van der Waals surface area (Å²) in [6, 6.07) is 0. The molecule has 0 aromatic rings. The van der Waals surface area contributed by atoms with Crippen molar-refractivity contribution in [3.8, 4) is 0 Å². The van der Waals surface area contributed by atoms with E-state index in [1.165, 1.54) is 186 Å². The highest BCUT2D eigenvalue weighted by atomic mass is 14.7. The van der Waals surface area contributed by atoms with Gasteiger partial charge in [0.2, 0.25) is 0 Å². The van der Waals surface area contributed by atoms with Crippen LogP contribution in [0.3, 0.4) is 0 Å². The molecule has 0 spiro atoms. The van der Waals surface area contributed by atoms with Crippen molar-refractivity contribution in [2.24, 2.45) is 10.8 Å². The third-order valence-electron chi connectivity index (χ3n) is 13.9. The molecule has 4 bridgehead atoms. The van der Waals surface area contributed by atoms with Gasteiger partial charge in [0.15, 0.2) is 0 Å². The van der Waals surface area contributed by atoms with Gasteiger partial charge in [0, 0.05) is 0 Å². The van der Waals surface area contributed by atoms with Crippen molar-refractivity contribution in [1.29, 1.82) is 0 Å². The predicted molar refractivity (Wildman–Crippen MR) is 168 cm³/mol. The van der Waals surface area contributed by atoms with Crippen LogP contribution < -0.4 is 0 Å². The van der Waals surface area contributed by atoms with E-state index in [1.54, 1.807) is 0 Å². The SMILES string of the molecule is [B]C1(C23CCCCC(C45[B]C([B]C6CCCCCCCCC6)(CCCCC4)C5)(CC2)C3)CCCCCCC1. The van der Waals surface area contributed by atoms with Crippen LogP contribution in [0.2, 0.25) is 21.7 Å². The van der Waals surface area contributed by atoms with Gasteiger partial charge in [-0.25, -0.2) is 0 Å². The lowest BCUT2D eigenvalue weighted by molar-refractivity contribution is 0.0736. The van der Waals surface area contributed by atoms with Crippen molar-refractivity contribution in [1.82, 2.24) is 0 Å². The maximum absolute atomic E-state index is 7.63. The van der Waals surface area contributed by atoms with Crippen LogP contribution in [0.1, 0.15) is 186 Å². The normalized spacial score (nSPS) is 43.2. The molecule has 5 saturated carbocycles. The van der Waals surface area contributed by atoms with E-state index < -0.39 is 0 Å². The van der Waals surface area contributed by atoms with E-state index in [9.17, 15) is 0 Å². The van der Waals surface area contributed by atoms with Crippen LogP contribution in [0, 0.1) is 10.8 Å². The van der Waals surface area contributed by atoms with Gasteiger partial charge in [-0.15, -0.1) is 0 Å². The van der Waals surface area contributed by atoms with Gasteiger partial charge >= 0.3 is 0 Å². The summed E-state index contributed by atoms with van der Waals surface area (Å²) in [5, 5.41) is 1.13. The van der Waals surface area contributed by atoms with Crippen LogP contribution >= 0.6 is 0 Å². The summed E-state index contributed by atoms with van der Waals surface area (Å²) in [4.78, 5) is 0. The molecule has 4 atom stereocenters. The van der Waals surface area contributed by atoms with Gasteiger partial charge in [0.25, 0.3) is 0 Å². The van der Waals surface area contributed by atoms with Gasteiger partial charge in [-0.1, -0.05) is 176 Å². The fraction of sp³-hybridized carbons (Fsp3) is 1.00. The first-order valence-electron chi connectivity index (χ1n) is 18.0. The van der Waals surface area contributed by atoms with Crippen molar-refractivity contribution in [2.75, 3.05) is 0 Å². The summed E-state index contributed by atoms with van der Waals surface area (Å²) < 4.78 is 0. The lowest BCUT2D eigenvalue weighted by Gasteiger charge is -2.67. The lowest BCUT2D eigenvalue weighted by Crippen LogP contribution is -2.57. The Morgan fingerprint density at radius 3 is 1.63 bits per heavy atom. The van der Waals surface area contributed by atoms with Gasteiger partial charge in [-0.3, -0.25) is 0 Å². The quantitative estimate of drug-likeness (QED) is 0.329. The standard InChI is InChI=1S/C35H59B3/c36-33(22-12-7-4-8-13-23-33)31-20-16-17-21-32(28-31,27-26-31)34-24-14-9-15-25-35(29-34,38-34)37-30-18-10-5-2-1-3-6-11-19-30/h30H,1-29H2. The molecule has 7 aliphatic rings. The average Bonchev–Trinajstić information content (AvgIpc) is 3.13. The molecular weight excluding hydrogens is 453 g/mol. The number of rotatable bonds is 4. The molecule has 7 fully saturated rings. The third-order valence-corrected chi connectivity index (χ3v) is 13.9. The highest BCUT2D eigenvalue weighted by Crippen LogP contribution is 2.81. The zero-order valence-corrected chi connectivity index (χ0v) is 25.3. The maximum Gasteiger partial charge on any atom is 0.116 e. The molecule has 0 aromatic carbocycles. The first kappa shape index (κ1) is 28.3. The Morgan fingerprint density at radius 2 is 0.947 bits per heavy atom. The van der Waals surface area contributed by atoms with Crippen LogP contribution in [0.5, 0.6) is 0 Å². The summed E-state index contributed by atoms with van der Waals surface area (Å²) in [6.45, 7) is 0. The van der Waals surface area contributed by atoms with E-state index in [0.29, 0.717) is 21.4 Å². The van der Waals surface area contributed by atoms with Gasteiger partial charge in [0.05, 0.1) is 7.85 Å². The molecule has 2 heterocycles. The Bertz CT molecular complexity index is 753. The minimum Gasteiger partial charge on any atom is -0.0821 e. The Morgan fingerprint density at radius 1 is 0.474 bits per heavy atom. The number of fused-ring (bicyclic) bond motifs is 6. The molecule has 0 N–H and O–H groups in total. The molecule has 4 radical (unpaired) electrons. The minimum absolute atomic E-state index is 0.126. The molecule has 208 valence electrons. The lowest BCUT2D eigenvalue weighted by atomic mass is 9.08. The highest BCUT2D eigenvalue weighted by Gasteiger charge is 2.68. The van der Waals surface area contributed by atoms with Gasteiger partial charge in [-0.2, -0.15) is 0 Å². The molecule has 0 amide bonds. The fourth-order valence-electron chi connectivity index (χ4n) is 11.8. The van der Waals surface area contributed by atoms with Crippen LogP contribution in [0.15, 0.2) is 0 Å². The molecule has 4 unspecified atom stereocenters. The Hall–Kier alpha value is 0.195. The Kier molecular flexibility index (Phi) is 8.81. The minimum atomic E-state index is 0.126. The summed E-state index contributed by atoms with van der Waals surface area (Å²) in [5.41, 5.74) is 1.02. The largest absolute Gasteiger partial charge is 0.116 e. The highest BCUT2D eigenvalue weighted by molar-refractivity contribution is 6.68. The molecular formula is C35H59B3. The molecule has 2 aliphatic heterocycles. The molecule has 5 aliphatic carbocycles. The molecule has 3 heteroatoms. The first-order chi connectivity index (χ1) is 18.5. The van der Waals surface area contributed by atoms with Crippen molar-refractivity contribution in [3.63, 3.8) is 0 Å². The Labute approximate surface area is 240 Å². The summed E-state index contributed by atoms with van der Waals surface area (Å²) >= 11 is 0. The third kappa shape index (κ3) is 5.39. The first-order valence-corrected chi connectivity index (χ1v) is 18.0. The molecule has 2 saturated heterocycles. The second kappa shape index (κ2) is 11.8. The van der Waals surface area contributed by atoms with Crippen molar-refractivity contribution < 1.29 is 0 Å². The van der Waals surface area contributed by atoms with E-state index in [-0.39, 0.29) is 5.31 Å². The zero-order valence-electron chi connectivity index (χ0n) is 25.3. The van der Waals surface area contributed by atoms with Gasteiger partial charge in [0.1, 0.15) is 14.6 Å². The summed E-state index contributed by atoms with van der Waals surface area (Å²) in [7, 11) is 13.7. The second-order valence-corrected chi connectivity index (χ2v) is 16.1. The number of hydrogen-bond acceptors (Lipinski definition) is 0. The molecule has 0 nitrogen and oxygen atoms in total. The smallest absolute Gasteiger partial charge is 0.0821 e. The van der Waals surface area contributed by atoms with E-state index in [1.807, 2.05) is 0 Å². The van der Waals surface area contributed by atoms with Crippen molar-refractivity contribution in [2.45, 2.75) is 208 Å². The second-order valence-electron chi connectivity index (χ2n) is 16.1. The van der Waals surface area contributed by atoms with E-state index in [2.05, 4.69) is 14.6 Å². The topological polar surface area (TPSA) is 0 Å². The van der Waals surface area contributed by atoms with Crippen molar-refractivity contribution >= 4 is 22.4 Å². The van der Waals surface area contributed by atoms with E-state index in [4.69, 9.17) is 7.85 Å². The molecule has 38 heavy (non-hydrogen) atoms. The van der Waals surface area contributed by atoms with Crippen LogP contribution in [-0.2, 0) is 0 Å². The molecule has 7 rings (SSSR count). The van der Waals surface area contributed by atoms with Crippen molar-refractivity contribution in [3.05, 3.63) is 0 Å². The number of hydrogen-bond donors (Lipinski definition) is 0. The predicted octanol–water partition coefficient (Wildman–Crippen LogP) is 11.2. The van der Waals surface area contributed by atoms with Crippen LogP contribution in [0.4, 0.5) is 0 Å². The van der Waals surface area contributed by atoms with Crippen LogP contribution in [-0.4, -0.2) is 22.4 Å². The van der Waals surface area contributed by atoms with E-state index in [0.717, 1.165) is 5.82 Å². The summed E-state index contributed by atoms with van der Waals surface area (Å²) in [6.07, 6.45) is 42.3. The van der Waals surface area contributed by atoms with Crippen LogP contribution in [0.25, 0.3) is 0 Å². The van der Waals surface area contributed by atoms with Gasteiger partial charge in [-0.05, 0) is 42.9 Å². The zero-order chi connectivity index (χ0) is 26.0. The Balaban J connectivity index is 1.22.